The van der Waals surface area contributed by atoms with E-state index in [1.54, 1.807) is 23.1 Å². The zero-order valence-electron chi connectivity index (χ0n) is 15.7. The van der Waals surface area contributed by atoms with Gasteiger partial charge in [0, 0.05) is 26.8 Å². The maximum absolute atomic E-state index is 13.8. The second-order valence-electron chi connectivity index (χ2n) is 7.30. The molecule has 6 heteroatoms. The molecule has 2 heterocycles. The van der Waals surface area contributed by atoms with Crippen LogP contribution in [0.4, 0.5) is 4.39 Å². The number of piperidine rings is 1. The Balaban J connectivity index is 1.70. The maximum atomic E-state index is 13.8. The second-order valence-corrected chi connectivity index (χ2v) is 7.30. The summed E-state index contributed by atoms with van der Waals surface area (Å²) < 4.78 is 15.9. The summed E-state index contributed by atoms with van der Waals surface area (Å²) in [4.78, 5) is 21.0. The van der Waals surface area contributed by atoms with Crippen molar-refractivity contribution in [3.8, 4) is 0 Å². The molecule has 1 aromatic heterocycles. The zero-order chi connectivity index (χ0) is 18.7. The molecule has 0 aliphatic carbocycles. The van der Waals surface area contributed by atoms with Crippen molar-refractivity contribution in [1.82, 2.24) is 19.4 Å². The Bertz CT molecular complexity index is 760. The van der Waals surface area contributed by atoms with Crippen LogP contribution >= 0.6 is 0 Å². The normalized spacial score (nSPS) is 20.9. The molecular formula is C20H27FN4O. The number of aryl methyl sites for hydroxylation is 1. The number of amides is 1. The van der Waals surface area contributed by atoms with Gasteiger partial charge in [-0.05, 0) is 44.0 Å². The van der Waals surface area contributed by atoms with Crippen molar-refractivity contribution in [3.63, 3.8) is 0 Å². The van der Waals surface area contributed by atoms with E-state index in [9.17, 15) is 9.18 Å². The number of halogens is 1. The smallest absolute Gasteiger partial charge is 0.226 e. The maximum Gasteiger partial charge on any atom is 0.226 e. The minimum absolute atomic E-state index is 0.0490. The van der Waals surface area contributed by atoms with Crippen molar-refractivity contribution < 1.29 is 9.18 Å². The summed E-state index contributed by atoms with van der Waals surface area (Å²) in [5, 5.41) is 0. The van der Waals surface area contributed by atoms with E-state index in [-0.39, 0.29) is 24.2 Å². The van der Waals surface area contributed by atoms with Crippen molar-refractivity contribution in [1.29, 1.82) is 0 Å². The molecule has 0 radical (unpaired) electrons. The molecule has 0 bridgehead atoms. The third kappa shape index (κ3) is 3.96. The van der Waals surface area contributed by atoms with E-state index in [0.29, 0.717) is 18.0 Å². The number of rotatable bonds is 5. The Morgan fingerprint density at radius 1 is 1.35 bits per heavy atom. The third-order valence-corrected chi connectivity index (χ3v) is 5.40. The van der Waals surface area contributed by atoms with Crippen LogP contribution in [0.3, 0.4) is 0 Å². The van der Waals surface area contributed by atoms with E-state index in [4.69, 9.17) is 0 Å². The Morgan fingerprint density at radius 3 is 2.81 bits per heavy atom. The van der Waals surface area contributed by atoms with Gasteiger partial charge in [0.25, 0.3) is 0 Å². The van der Waals surface area contributed by atoms with Crippen LogP contribution in [0.25, 0.3) is 0 Å². The summed E-state index contributed by atoms with van der Waals surface area (Å²) in [6.45, 7) is 1.70. The summed E-state index contributed by atoms with van der Waals surface area (Å²) in [6, 6.07) is 6.72. The molecule has 1 aliphatic rings. The monoisotopic (exact) mass is 358 g/mol. The first kappa shape index (κ1) is 18.6. The molecule has 0 N–H and O–H groups in total. The fourth-order valence-corrected chi connectivity index (χ4v) is 3.96. The van der Waals surface area contributed by atoms with Gasteiger partial charge in [-0.15, -0.1) is 0 Å². The van der Waals surface area contributed by atoms with Gasteiger partial charge in [-0.2, -0.15) is 0 Å². The van der Waals surface area contributed by atoms with Crippen LogP contribution in [-0.4, -0.2) is 52.4 Å². The molecule has 0 saturated carbocycles. The molecule has 1 aromatic carbocycles. The third-order valence-electron chi connectivity index (χ3n) is 5.40. The highest BCUT2D eigenvalue weighted by Gasteiger charge is 2.33. The first-order valence-corrected chi connectivity index (χ1v) is 9.11. The number of benzene rings is 1. The predicted molar refractivity (Wildman–Crippen MR) is 99.0 cm³/mol. The van der Waals surface area contributed by atoms with Gasteiger partial charge in [-0.3, -0.25) is 9.69 Å². The van der Waals surface area contributed by atoms with Crippen LogP contribution in [0, 0.1) is 11.7 Å². The van der Waals surface area contributed by atoms with E-state index < -0.39 is 0 Å². The van der Waals surface area contributed by atoms with Gasteiger partial charge in [0.05, 0.1) is 24.5 Å². The van der Waals surface area contributed by atoms with Crippen molar-refractivity contribution in [2.24, 2.45) is 13.0 Å². The number of carbonyl (C=O) groups is 1. The van der Waals surface area contributed by atoms with Crippen molar-refractivity contribution in [2.75, 3.05) is 27.2 Å². The van der Waals surface area contributed by atoms with E-state index in [2.05, 4.69) is 21.5 Å². The Labute approximate surface area is 154 Å². The van der Waals surface area contributed by atoms with E-state index in [1.807, 2.05) is 26.6 Å². The summed E-state index contributed by atoms with van der Waals surface area (Å²) in [5.41, 5.74) is 1.63. The first-order valence-electron chi connectivity index (χ1n) is 9.11. The minimum Gasteiger partial charge on any atom is -0.345 e. The van der Waals surface area contributed by atoms with Crippen LogP contribution in [0.15, 0.2) is 36.8 Å². The van der Waals surface area contributed by atoms with Gasteiger partial charge in [-0.25, -0.2) is 9.37 Å². The molecule has 2 aromatic rings. The van der Waals surface area contributed by atoms with Crippen molar-refractivity contribution in [2.45, 2.75) is 25.3 Å². The number of imidazole rings is 1. The highest BCUT2D eigenvalue weighted by molar-refractivity contribution is 5.78. The van der Waals surface area contributed by atoms with Gasteiger partial charge < -0.3 is 9.47 Å². The molecule has 0 spiro atoms. The largest absolute Gasteiger partial charge is 0.345 e. The van der Waals surface area contributed by atoms with Gasteiger partial charge in [0.15, 0.2) is 0 Å². The van der Waals surface area contributed by atoms with Crippen molar-refractivity contribution in [3.05, 3.63) is 53.9 Å². The van der Waals surface area contributed by atoms with E-state index in [1.165, 1.54) is 11.8 Å². The van der Waals surface area contributed by atoms with Crippen LogP contribution < -0.4 is 0 Å². The van der Waals surface area contributed by atoms with Crippen molar-refractivity contribution >= 4 is 5.91 Å². The average molecular weight is 358 g/mol. The average Bonchev–Trinajstić information content (AvgIpc) is 3.02. The molecule has 3 rings (SSSR count). The molecule has 1 saturated heterocycles. The van der Waals surface area contributed by atoms with Crippen LogP contribution in [-0.2, 0) is 18.3 Å². The molecule has 2 atom stereocenters. The fourth-order valence-electron chi connectivity index (χ4n) is 3.96. The Morgan fingerprint density at radius 2 is 2.12 bits per heavy atom. The number of nitrogens with zero attached hydrogens (tertiary/aromatic N) is 4. The topological polar surface area (TPSA) is 41.4 Å². The molecule has 1 aliphatic heterocycles. The standard InChI is InChI=1S/C20H27FN4O/c1-23-10-6-8-16(20(23)18-12-22-14-25(18)3)13-24(2)19(26)11-15-7-4-5-9-17(15)21/h4-5,7,9,12,14,16,20H,6,8,10-11,13H2,1-3H3/t16-,20+/m0/s1. The number of carbonyl (C=O) groups excluding carboxylic acids is 1. The predicted octanol–water partition coefficient (Wildman–Crippen LogP) is 2.64. The van der Waals surface area contributed by atoms with Gasteiger partial charge in [0.2, 0.25) is 5.91 Å². The SMILES string of the molecule is CN(C[C@@H]1CCCN(C)[C@H]1c1cncn1C)C(=O)Cc1ccccc1F. The molecule has 26 heavy (non-hydrogen) atoms. The Kier molecular flexibility index (Phi) is 5.71. The molecule has 0 unspecified atom stereocenters. The number of likely N-dealkylation sites (N-methyl/N-ethyl adjacent to an activating group) is 1. The number of hydrogen-bond donors (Lipinski definition) is 0. The summed E-state index contributed by atoms with van der Waals surface area (Å²) >= 11 is 0. The molecular weight excluding hydrogens is 331 g/mol. The molecule has 1 fully saturated rings. The zero-order valence-corrected chi connectivity index (χ0v) is 15.7. The summed E-state index contributed by atoms with van der Waals surface area (Å²) in [7, 11) is 5.96. The van der Waals surface area contributed by atoms with E-state index in [0.717, 1.165) is 19.4 Å². The minimum atomic E-state index is -0.320. The van der Waals surface area contributed by atoms with Gasteiger partial charge >= 0.3 is 0 Å². The number of likely N-dealkylation sites (tertiary alicyclic amines) is 1. The van der Waals surface area contributed by atoms with Crippen LogP contribution in [0.1, 0.15) is 30.1 Å². The molecule has 5 nitrogen and oxygen atoms in total. The summed E-state index contributed by atoms with van der Waals surface area (Å²) in [5.74, 6) is -0.0368. The highest BCUT2D eigenvalue weighted by Crippen LogP contribution is 2.35. The van der Waals surface area contributed by atoms with Gasteiger partial charge in [0.1, 0.15) is 5.82 Å². The number of hydrogen-bond acceptors (Lipinski definition) is 3. The molecule has 1 amide bonds. The van der Waals surface area contributed by atoms with Crippen LogP contribution in [0.2, 0.25) is 0 Å². The second kappa shape index (κ2) is 7.99. The molecule has 140 valence electrons. The quantitative estimate of drug-likeness (QED) is 0.825. The summed E-state index contributed by atoms with van der Waals surface area (Å²) in [6.07, 6.45) is 6.02. The lowest BCUT2D eigenvalue weighted by atomic mass is 9.87. The first-order chi connectivity index (χ1) is 12.5. The fraction of sp³-hybridized carbons (Fsp3) is 0.500. The number of aromatic nitrogens is 2. The van der Waals surface area contributed by atoms with E-state index >= 15 is 0 Å². The lowest BCUT2D eigenvalue weighted by molar-refractivity contribution is -0.130. The van der Waals surface area contributed by atoms with Crippen LogP contribution in [0.5, 0.6) is 0 Å². The van der Waals surface area contributed by atoms with Gasteiger partial charge in [-0.1, -0.05) is 18.2 Å². The Hall–Kier alpha value is -2.21. The highest BCUT2D eigenvalue weighted by atomic mass is 19.1. The lowest BCUT2D eigenvalue weighted by Crippen LogP contribution is -2.43. The lowest BCUT2D eigenvalue weighted by Gasteiger charge is -2.40.